The minimum absolute atomic E-state index is 0.294. The van der Waals surface area contributed by atoms with Gasteiger partial charge in [-0.05, 0) is 36.9 Å². The van der Waals surface area contributed by atoms with E-state index >= 15 is 0 Å². The van der Waals surface area contributed by atoms with Crippen molar-refractivity contribution in [3.05, 3.63) is 77.4 Å². The van der Waals surface area contributed by atoms with E-state index in [1.165, 1.54) is 11.6 Å². The van der Waals surface area contributed by atoms with Gasteiger partial charge >= 0.3 is 5.97 Å². The molecule has 0 aliphatic rings. The second-order valence-electron chi connectivity index (χ2n) is 5.36. The minimum atomic E-state index is -0.330. The summed E-state index contributed by atoms with van der Waals surface area (Å²) >= 11 is 0. The Hall–Kier alpha value is -2.39. The number of rotatable bonds is 6. The molecule has 0 N–H and O–H groups in total. The van der Waals surface area contributed by atoms with Gasteiger partial charge in [-0.2, -0.15) is 0 Å². The molecule has 0 fully saturated rings. The van der Waals surface area contributed by atoms with Crippen LogP contribution in [-0.2, 0) is 22.7 Å². The van der Waals surface area contributed by atoms with E-state index in [2.05, 4.69) is 11.0 Å². The van der Waals surface area contributed by atoms with Crippen LogP contribution in [0.4, 0.5) is 0 Å². The molecule has 0 aliphatic heterocycles. The standard InChI is InChI=1S/C19H21NO2/c1-20(2)14-17-10-6-7-11-18(17)15-22-19(21)13-12-16-8-4-3-5-9-16/h3-13H,14-15H2,1-2H3. The van der Waals surface area contributed by atoms with Crippen LogP contribution in [0.25, 0.3) is 6.08 Å². The first kappa shape index (κ1) is 16.0. The number of carbonyl (C=O) groups is 1. The Morgan fingerprint density at radius 2 is 1.64 bits per heavy atom. The third-order valence-corrected chi connectivity index (χ3v) is 3.19. The Morgan fingerprint density at radius 1 is 1.00 bits per heavy atom. The zero-order valence-corrected chi connectivity index (χ0v) is 13.0. The SMILES string of the molecule is CN(C)Cc1ccccc1COC(=O)C=Cc1ccccc1. The Bertz CT molecular complexity index is 633. The van der Waals surface area contributed by atoms with Crippen LogP contribution in [0.5, 0.6) is 0 Å². The summed E-state index contributed by atoms with van der Waals surface area (Å²) in [5.74, 6) is -0.330. The van der Waals surface area contributed by atoms with Gasteiger partial charge in [-0.15, -0.1) is 0 Å². The van der Waals surface area contributed by atoms with Gasteiger partial charge in [0.1, 0.15) is 6.61 Å². The van der Waals surface area contributed by atoms with Crippen LogP contribution in [0.1, 0.15) is 16.7 Å². The fraction of sp³-hybridized carbons (Fsp3) is 0.211. The van der Waals surface area contributed by atoms with Crippen molar-refractivity contribution >= 4 is 12.0 Å². The van der Waals surface area contributed by atoms with Crippen molar-refractivity contribution in [1.29, 1.82) is 0 Å². The van der Waals surface area contributed by atoms with E-state index in [4.69, 9.17) is 4.74 Å². The molecule has 22 heavy (non-hydrogen) atoms. The van der Waals surface area contributed by atoms with Gasteiger partial charge in [0.05, 0.1) is 0 Å². The molecular formula is C19H21NO2. The second-order valence-corrected chi connectivity index (χ2v) is 5.36. The average molecular weight is 295 g/mol. The highest BCUT2D eigenvalue weighted by Crippen LogP contribution is 2.12. The van der Waals surface area contributed by atoms with Crippen molar-refractivity contribution < 1.29 is 9.53 Å². The van der Waals surface area contributed by atoms with E-state index in [-0.39, 0.29) is 5.97 Å². The molecule has 2 rings (SSSR count). The van der Waals surface area contributed by atoms with Gasteiger partial charge in [0.15, 0.2) is 0 Å². The van der Waals surface area contributed by atoms with E-state index in [1.54, 1.807) is 6.08 Å². The molecule has 2 aromatic rings. The normalized spacial score (nSPS) is 11.0. The Balaban J connectivity index is 1.93. The van der Waals surface area contributed by atoms with E-state index in [9.17, 15) is 4.79 Å². The molecule has 0 radical (unpaired) electrons. The summed E-state index contributed by atoms with van der Waals surface area (Å²) in [4.78, 5) is 13.9. The molecule has 0 amide bonds. The first-order valence-electron chi connectivity index (χ1n) is 7.26. The summed E-state index contributed by atoms with van der Waals surface area (Å²) in [6, 6.07) is 17.7. The zero-order valence-electron chi connectivity index (χ0n) is 13.0. The van der Waals surface area contributed by atoms with Crippen molar-refractivity contribution in [2.24, 2.45) is 0 Å². The predicted octanol–water partition coefficient (Wildman–Crippen LogP) is 3.50. The Kier molecular flexibility index (Phi) is 5.92. The van der Waals surface area contributed by atoms with Crippen molar-refractivity contribution in [3.8, 4) is 0 Å². The summed E-state index contributed by atoms with van der Waals surface area (Å²) in [6.45, 7) is 1.12. The molecule has 3 heteroatoms. The number of carbonyl (C=O) groups excluding carboxylic acids is 1. The highest BCUT2D eigenvalue weighted by Gasteiger charge is 2.05. The molecule has 0 saturated heterocycles. The number of hydrogen-bond acceptors (Lipinski definition) is 3. The number of hydrogen-bond donors (Lipinski definition) is 0. The lowest BCUT2D eigenvalue weighted by Crippen LogP contribution is -2.13. The molecular weight excluding hydrogens is 274 g/mol. The molecule has 0 unspecified atom stereocenters. The summed E-state index contributed by atoms with van der Waals surface area (Å²) in [7, 11) is 4.04. The van der Waals surface area contributed by atoms with Gasteiger partial charge in [-0.1, -0.05) is 54.6 Å². The molecule has 0 atom stereocenters. The fourth-order valence-corrected chi connectivity index (χ4v) is 2.12. The highest BCUT2D eigenvalue weighted by molar-refractivity contribution is 5.87. The van der Waals surface area contributed by atoms with Gasteiger partial charge < -0.3 is 9.64 Å². The van der Waals surface area contributed by atoms with Crippen LogP contribution >= 0.6 is 0 Å². The van der Waals surface area contributed by atoms with Crippen LogP contribution in [0.2, 0.25) is 0 Å². The van der Waals surface area contributed by atoms with Crippen LogP contribution in [0.3, 0.4) is 0 Å². The van der Waals surface area contributed by atoms with E-state index in [0.29, 0.717) is 6.61 Å². The largest absolute Gasteiger partial charge is 0.458 e. The number of nitrogens with zero attached hydrogens (tertiary/aromatic N) is 1. The predicted molar refractivity (Wildman–Crippen MR) is 89.1 cm³/mol. The first-order valence-corrected chi connectivity index (χ1v) is 7.26. The van der Waals surface area contributed by atoms with Gasteiger partial charge in [0, 0.05) is 12.6 Å². The molecule has 114 valence electrons. The molecule has 0 aliphatic carbocycles. The lowest BCUT2D eigenvalue weighted by molar-refractivity contribution is -0.138. The molecule has 2 aromatic carbocycles. The van der Waals surface area contributed by atoms with Crippen molar-refractivity contribution in [2.45, 2.75) is 13.2 Å². The molecule has 0 aromatic heterocycles. The van der Waals surface area contributed by atoms with E-state index < -0.39 is 0 Å². The Morgan fingerprint density at radius 3 is 2.32 bits per heavy atom. The third kappa shape index (κ3) is 5.19. The monoisotopic (exact) mass is 295 g/mol. The lowest BCUT2D eigenvalue weighted by atomic mass is 10.1. The lowest BCUT2D eigenvalue weighted by Gasteiger charge is -2.13. The topological polar surface area (TPSA) is 29.5 Å². The molecule has 0 heterocycles. The van der Waals surface area contributed by atoms with Crippen molar-refractivity contribution in [3.63, 3.8) is 0 Å². The number of esters is 1. The van der Waals surface area contributed by atoms with Crippen LogP contribution in [0.15, 0.2) is 60.7 Å². The molecule has 0 bridgehead atoms. The first-order chi connectivity index (χ1) is 10.6. The molecule has 0 saturated carbocycles. The average Bonchev–Trinajstić information content (AvgIpc) is 2.52. The highest BCUT2D eigenvalue weighted by atomic mass is 16.5. The van der Waals surface area contributed by atoms with Gasteiger partial charge in [0.2, 0.25) is 0 Å². The maximum atomic E-state index is 11.8. The summed E-state index contributed by atoms with van der Waals surface area (Å²) in [5, 5.41) is 0. The maximum absolute atomic E-state index is 11.8. The Labute approximate surface area is 131 Å². The van der Waals surface area contributed by atoms with E-state index in [1.807, 2.05) is 62.6 Å². The van der Waals surface area contributed by atoms with Crippen molar-refractivity contribution in [2.75, 3.05) is 14.1 Å². The van der Waals surface area contributed by atoms with Gasteiger partial charge in [-0.3, -0.25) is 0 Å². The van der Waals surface area contributed by atoms with Gasteiger partial charge in [0.25, 0.3) is 0 Å². The van der Waals surface area contributed by atoms with Crippen LogP contribution < -0.4 is 0 Å². The van der Waals surface area contributed by atoms with Gasteiger partial charge in [-0.25, -0.2) is 4.79 Å². The number of benzene rings is 2. The molecule has 0 spiro atoms. The quantitative estimate of drug-likeness (QED) is 0.603. The maximum Gasteiger partial charge on any atom is 0.331 e. The third-order valence-electron chi connectivity index (χ3n) is 3.19. The number of ether oxygens (including phenoxy) is 1. The summed E-state index contributed by atoms with van der Waals surface area (Å²) in [5.41, 5.74) is 3.19. The van der Waals surface area contributed by atoms with Crippen molar-refractivity contribution in [1.82, 2.24) is 4.90 Å². The minimum Gasteiger partial charge on any atom is -0.458 e. The summed E-state index contributed by atoms with van der Waals surface area (Å²) in [6.07, 6.45) is 3.22. The second kappa shape index (κ2) is 8.15. The fourth-order valence-electron chi connectivity index (χ4n) is 2.12. The van der Waals surface area contributed by atoms with Crippen LogP contribution in [0, 0.1) is 0 Å². The zero-order chi connectivity index (χ0) is 15.8. The van der Waals surface area contributed by atoms with Crippen LogP contribution in [-0.4, -0.2) is 25.0 Å². The smallest absolute Gasteiger partial charge is 0.331 e. The summed E-state index contributed by atoms with van der Waals surface area (Å²) < 4.78 is 5.33. The van der Waals surface area contributed by atoms with E-state index in [0.717, 1.165) is 17.7 Å². The molecule has 3 nitrogen and oxygen atoms in total.